The van der Waals surface area contributed by atoms with Crippen LogP contribution in [-0.2, 0) is 62.0 Å². The first-order valence-corrected chi connectivity index (χ1v) is 31.7. The van der Waals surface area contributed by atoms with Gasteiger partial charge in [0.25, 0.3) is 5.91 Å². The number of aliphatic imine (C=N–C) groups is 1. The van der Waals surface area contributed by atoms with Crippen LogP contribution >= 0.6 is 23.5 Å². The molecule has 3 aliphatic heterocycles. The molecule has 83 heavy (non-hydrogen) atoms. The van der Waals surface area contributed by atoms with Crippen molar-refractivity contribution in [2.75, 3.05) is 26.4 Å². The predicted octanol–water partition coefficient (Wildman–Crippen LogP) is 12.3. The summed E-state index contributed by atoms with van der Waals surface area (Å²) in [5.74, 6) is -2.93. The maximum atomic E-state index is 14.3. The SMILES string of the molecule is C=CC(=O)OCCCCCCOC1CCC(OC(=O)C2CCC(C(=O)Oc3c4c(c(OC(=O)C5CCC(C(=O)OC6CCC(OCCCCCCOC(=O)C=C)CC6)CC5)c5ccccc35)SC(=C3C(=O)N=C5C=CC=CN53)S4)CC2)CC1. The zero-order chi connectivity index (χ0) is 58.1. The second-order valence-electron chi connectivity index (χ2n) is 22.5. The highest BCUT2D eigenvalue weighted by molar-refractivity contribution is 8.24. The maximum absolute atomic E-state index is 14.3. The van der Waals surface area contributed by atoms with Crippen molar-refractivity contribution < 1.29 is 71.5 Å². The van der Waals surface area contributed by atoms with Crippen LogP contribution in [-0.4, -0.2) is 103 Å². The third kappa shape index (κ3) is 16.7. The van der Waals surface area contributed by atoms with Crippen molar-refractivity contribution in [3.63, 3.8) is 0 Å². The van der Waals surface area contributed by atoms with Crippen molar-refractivity contribution in [1.82, 2.24) is 4.90 Å². The Morgan fingerprint density at radius 2 is 0.916 bits per heavy atom. The predicted molar refractivity (Wildman–Crippen MR) is 313 cm³/mol. The fourth-order valence-electron chi connectivity index (χ4n) is 11.9. The van der Waals surface area contributed by atoms with Crippen LogP contribution in [0.5, 0.6) is 11.5 Å². The van der Waals surface area contributed by atoms with Crippen LogP contribution in [0, 0.1) is 23.7 Å². The first-order valence-electron chi connectivity index (χ1n) is 30.1. The zero-order valence-electron chi connectivity index (χ0n) is 47.4. The normalized spacial score (nSPS) is 24.7. The number of hydrogen-bond donors (Lipinski definition) is 0. The third-order valence-corrected chi connectivity index (χ3v) is 19.3. The average Bonchev–Trinajstić information content (AvgIpc) is 4.09. The van der Waals surface area contributed by atoms with E-state index in [1.807, 2.05) is 36.4 Å². The highest BCUT2D eigenvalue weighted by atomic mass is 32.2. The van der Waals surface area contributed by atoms with Gasteiger partial charge in [-0.25, -0.2) is 9.59 Å². The Labute approximate surface area is 494 Å². The van der Waals surface area contributed by atoms with Gasteiger partial charge in [0.2, 0.25) is 0 Å². The van der Waals surface area contributed by atoms with Gasteiger partial charge in [-0.3, -0.25) is 28.9 Å². The van der Waals surface area contributed by atoms with Crippen molar-refractivity contribution in [3.8, 4) is 11.5 Å². The van der Waals surface area contributed by atoms with E-state index in [-0.39, 0.29) is 48.2 Å². The number of carbonyl (C=O) groups is 7. The standard InChI is InChI=1S/C64H78N2O15S2/c1-3-52(67)76-39-15-7-5-13-37-74-45-28-32-47(33-29-45)78-60(70)41-20-24-43(25-21-41)62(72)80-55-49-17-9-10-18-50(49)56(58-57(55)82-64(83-58)54-59(69)65-51-19-11-12-36-66(51)54)81-63(73)44-26-22-42(23-27-44)61(71)79-48-34-30-46(31-35-48)75-38-14-6-8-16-40-77-53(68)4-2/h3-4,9-12,17-19,36,41-48H,1-2,5-8,13-16,20-35,37-40H2. The second-order valence-corrected chi connectivity index (χ2v) is 24.8. The molecule has 446 valence electrons. The van der Waals surface area contributed by atoms with Crippen LogP contribution in [0.3, 0.4) is 0 Å². The topological polar surface area (TPSA) is 209 Å². The van der Waals surface area contributed by atoms with Crippen LogP contribution in [0.1, 0.15) is 154 Å². The molecule has 17 nitrogen and oxygen atoms in total. The third-order valence-electron chi connectivity index (χ3n) is 16.7. The number of rotatable bonds is 26. The van der Waals surface area contributed by atoms with Crippen molar-refractivity contribution in [1.29, 1.82) is 0 Å². The van der Waals surface area contributed by atoms with E-state index in [9.17, 15) is 33.6 Å². The van der Waals surface area contributed by atoms with Crippen LogP contribution in [0.2, 0.25) is 0 Å². The van der Waals surface area contributed by atoms with E-state index in [1.165, 1.54) is 35.7 Å². The first kappa shape index (κ1) is 61.5. The van der Waals surface area contributed by atoms with Crippen LogP contribution in [0.4, 0.5) is 0 Å². The number of amidine groups is 1. The van der Waals surface area contributed by atoms with Gasteiger partial charge in [0.1, 0.15) is 23.7 Å². The molecule has 0 unspecified atom stereocenters. The van der Waals surface area contributed by atoms with Crippen molar-refractivity contribution >= 4 is 81.9 Å². The van der Waals surface area contributed by atoms with Gasteiger partial charge in [-0.2, -0.15) is 4.99 Å². The Balaban J connectivity index is 0.766. The van der Waals surface area contributed by atoms with Gasteiger partial charge in [-0.1, -0.05) is 79.9 Å². The molecule has 2 aromatic carbocycles. The van der Waals surface area contributed by atoms with Gasteiger partial charge in [0.05, 0.1) is 63.1 Å². The molecule has 3 heterocycles. The van der Waals surface area contributed by atoms with Gasteiger partial charge in [0, 0.05) is 42.3 Å². The van der Waals surface area contributed by atoms with E-state index < -0.39 is 41.6 Å². The summed E-state index contributed by atoms with van der Waals surface area (Å²) < 4.78 is 47.9. The summed E-state index contributed by atoms with van der Waals surface area (Å²) >= 11 is 2.56. The van der Waals surface area contributed by atoms with E-state index >= 15 is 0 Å². The molecule has 9 rings (SSSR count). The molecule has 7 aliphatic rings. The van der Waals surface area contributed by atoms with E-state index in [2.05, 4.69) is 18.2 Å². The van der Waals surface area contributed by atoms with Gasteiger partial charge in [-0.15, -0.1) is 0 Å². The number of thioether (sulfide) groups is 2. The number of carbonyl (C=O) groups excluding carboxylic acids is 7. The Kier molecular flexibility index (Phi) is 22.8. The van der Waals surface area contributed by atoms with Gasteiger partial charge < -0.3 is 37.9 Å². The Morgan fingerprint density at radius 1 is 0.518 bits per heavy atom. The van der Waals surface area contributed by atoms with Crippen LogP contribution in [0.25, 0.3) is 10.8 Å². The van der Waals surface area contributed by atoms with Crippen LogP contribution < -0.4 is 9.47 Å². The quantitative estimate of drug-likeness (QED) is 0.0282. The number of hydrogen-bond acceptors (Lipinski definition) is 18. The Bertz CT molecular complexity index is 2670. The fourth-order valence-corrected chi connectivity index (χ4v) is 14.6. The Morgan fingerprint density at radius 3 is 1.34 bits per heavy atom. The largest absolute Gasteiger partial charge is 0.463 e. The number of unbranched alkanes of at least 4 members (excludes halogenated alkanes) is 6. The minimum atomic E-state index is -0.466. The molecule has 0 N–H and O–H groups in total. The summed E-state index contributed by atoms with van der Waals surface area (Å²) in [5.41, 5.74) is 0.347. The molecule has 0 radical (unpaired) electrons. The molecule has 4 saturated carbocycles. The van der Waals surface area contributed by atoms with E-state index in [1.54, 1.807) is 17.2 Å². The highest BCUT2D eigenvalue weighted by Crippen LogP contribution is 2.62. The number of fused-ring (bicyclic) bond motifs is 3. The summed E-state index contributed by atoms with van der Waals surface area (Å²) in [6, 6.07) is 7.35. The maximum Gasteiger partial charge on any atom is 0.330 e. The van der Waals surface area contributed by atoms with Gasteiger partial charge in [-0.05, 0) is 153 Å². The number of amides is 1. The van der Waals surface area contributed by atoms with E-state index in [0.29, 0.717) is 126 Å². The van der Waals surface area contributed by atoms with E-state index in [0.717, 1.165) is 103 Å². The molecular weight excluding hydrogens is 1100 g/mol. The van der Waals surface area contributed by atoms with Crippen molar-refractivity contribution in [2.45, 2.75) is 188 Å². The summed E-state index contributed by atoms with van der Waals surface area (Å²) in [4.78, 5) is 98.7. The zero-order valence-corrected chi connectivity index (χ0v) is 49.1. The molecule has 0 saturated heterocycles. The lowest BCUT2D eigenvalue weighted by molar-refractivity contribution is -0.160. The number of ether oxygens (including phenoxy) is 8. The van der Waals surface area contributed by atoms with Crippen molar-refractivity contribution in [3.05, 3.63) is 83.9 Å². The summed E-state index contributed by atoms with van der Waals surface area (Å²) in [5, 5.41) is 1.14. The molecule has 1 amide bonds. The number of benzene rings is 2. The minimum Gasteiger partial charge on any atom is -0.463 e. The number of esters is 6. The fraction of sp³-hybridized carbons (Fsp3) is 0.562. The molecule has 0 spiro atoms. The first-order chi connectivity index (χ1) is 40.5. The summed E-state index contributed by atoms with van der Waals surface area (Å²) in [6.07, 6.45) is 27.0. The van der Waals surface area contributed by atoms with Crippen LogP contribution in [0.15, 0.2) is 98.7 Å². The number of allylic oxidation sites excluding steroid dienone is 2. The van der Waals surface area contributed by atoms with Gasteiger partial charge >= 0.3 is 35.8 Å². The molecule has 4 fully saturated rings. The van der Waals surface area contributed by atoms with E-state index in [4.69, 9.17) is 37.9 Å². The van der Waals surface area contributed by atoms with Crippen molar-refractivity contribution in [2.24, 2.45) is 28.7 Å². The lowest BCUT2D eigenvalue weighted by Gasteiger charge is -2.31. The molecule has 19 heteroatoms. The lowest BCUT2D eigenvalue weighted by Crippen LogP contribution is -2.33. The summed E-state index contributed by atoms with van der Waals surface area (Å²) in [7, 11) is 0. The smallest absolute Gasteiger partial charge is 0.330 e. The minimum absolute atomic E-state index is 0.143. The second kappa shape index (κ2) is 30.7. The molecular formula is C64H78N2O15S2. The van der Waals surface area contributed by atoms with Gasteiger partial charge in [0.15, 0.2) is 11.5 Å². The number of nitrogens with zero attached hydrogens (tertiary/aromatic N) is 2. The molecule has 0 aromatic heterocycles. The molecule has 0 atom stereocenters. The highest BCUT2D eigenvalue weighted by Gasteiger charge is 2.41. The monoisotopic (exact) mass is 1180 g/mol. The average molecular weight is 1180 g/mol. The molecule has 2 aromatic rings. The summed E-state index contributed by atoms with van der Waals surface area (Å²) in [6.45, 7) is 8.95. The lowest BCUT2D eigenvalue weighted by atomic mass is 9.82. The Hall–Kier alpha value is -6.02. The molecule has 4 aliphatic carbocycles. The molecule has 0 bridgehead atoms.